The Labute approximate surface area is 132 Å². The van der Waals surface area contributed by atoms with Crippen molar-refractivity contribution in [2.45, 2.75) is 32.4 Å². The van der Waals surface area contributed by atoms with E-state index in [-0.39, 0.29) is 17.5 Å². The monoisotopic (exact) mass is 324 g/mol. The maximum atomic E-state index is 12.5. The Hall–Kier alpha value is -2.15. The molecular formula is C16H18F2N2O3. The molecule has 1 aliphatic rings. The van der Waals surface area contributed by atoms with Crippen molar-refractivity contribution in [3.63, 3.8) is 0 Å². The molecule has 0 saturated heterocycles. The van der Waals surface area contributed by atoms with E-state index in [4.69, 9.17) is 14.9 Å². The van der Waals surface area contributed by atoms with E-state index in [2.05, 4.69) is 9.72 Å². The van der Waals surface area contributed by atoms with Crippen molar-refractivity contribution in [2.75, 3.05) is 6.61 Å². The standard InChI is InChI=1S/C16H18F2N2O3/c1-9(19)14-7-20-15(22-14)11-4-5-12(23-16(17)18)13(6-11)21-8-10-2-3-10/h4-7,9-10,16H,2-3,8,19H2,1H3/t9-/m0/s1. The van der Waals surface area contributed by atoms with Gasteiger partial charge in [0, 0.05) is 5.56 Å². The molecule has 0 bridgehead atoms. The summed E-state index contributed by atoms with van der Waals surface area (Å²) < 4.78 is 40.7. The normalized spacial score (nSPS) is 15.7. The second kappa shape index (κ2) is 6.54. The lowest BCUT2D eigenvalue weighted by atomic mass is 10.2. The Kier molecular flexibility index (Phi) is 4.47. The maximum absolute atomic E-state index is 12.5. The molecule has 5 nitrogen and oxygen atoms in total. The van der Waals surface area contributed by atoms with Gasteiger partial charge in [0.25, 0.3) is 0 Å². The molecule has 0 unspecified atom stereocenters. The first kappa shape index (κ1) is 15.7. The molecule has 1 atom stereocenters. The van der Waals surface area contributed by atoms with Crippen LogP contribution in [-0.2, 0) is 0 Å². The van der Waals surface area contributed by atoms with Crippen molar-refractivity contribution in [3.8, 4) is 23.0 Å². The quantitative estimate of drug-likeness (QED) is 0.840. The molecule has 124 valence electrons. The summed E-state index contributed by atoms with van der Waals surface area (Å²) in [6, 6.07) is 4.35. The fraction of sp³-hybridized carbons (Fsp3) is 0.438. The third kappa shape index (κ3) is 3.98. The smallest absolute Gasteiger partial charge is 0.387 e. The molecule has 0 amide bonds. The van der Waals surface area contributed by atoms with Gasteiger partial charge in [-0.25, -0.2) is 4.98 Å². The zero-order valence-electron chi connectivity index (χ0n) is 12.7. The summed E-state index contributed by atoms with van der Waals surface area (Å²) >= 11 is 0. The van der Waals surface area contributed by atoms with Crippen molar-refractivity contribution >= 4 is 0 Å². The highest BCUT2D eigenvalue weighted by Gasteiger charge is 2.23. The highest BCUT2D eigenvalue weighted by Crippen LogP contribution is 2.36. The van der Waals surface area contributed by atoms with Crippen LogP contribution in [0.2, 0.25) is 0 Å². The molecule has 2 aromatic rings. The van der Waals surface area contributed by atoms with Gasteiger partial charge in [-0.2, -0.15) is 8.78 Å². The second-order valence-corrected chi connectivity index (χ2v) is 5.65. The van der Waals surface area contributed by atoms with Crippen LogP contribution in [0.4, 0.5) is 8.78 Å². The molecule has 1 heterocycles. The van der Waals surface area contributed by atoms with Crippen LogP contribution in [-0.4, -0.2) is 18.2 Å². The van der Waals surface area contributed by atoms with Crippen LogP contribution in [0.15, 0.2) is 28.8 Å². The van der Waals surface area contributed by atoms with Gasteiger partial charge in [-0.05, 0) is 43.9 Å². The van der Waals surface area contributed by atoms with Crippen LogP contribution >= 0.6 is 0 Å². The number of ether oxygens (including phenoxy) is 2. The molecule has 7 heteroatoms. The number of nitrogens with zero attached hydrogens (tertiary/aromatic N) is 1. The first-order chi connectivity index (χ1) is 11.0. The zero-order chi connectivity index (χ0) is 16.4. The number of hydrogen-bond acceptors (Lipinski definition) is 5. The van der Waals surface area contributed by atoms with E-state index in [1.54, 1.807) is 25.3 Å². The molecule has 1 aromatic heterocycles. The van der Waals surface area contributed by atoms with Gasteiger partial charge >= 0.3 is 6.61 Å². The molecule has 0 spiro atoms. The van der Waals surface area contributed by atoms with Crippen molar-refractivity contribution in [1.29, 1.82) is 0 Å². The minimum Gasteiger partial charge on any atom is -0.489 e. The largest absolute Gasteiger partial charge is 0.489 e. The van der Waals surface area contributed by atoms with Crippen LogP contribution in [0.3, 0.4) is 0 Å². The Morgan fingerprint density at radius 2 is 2.13 bits per heavy atom. The molecule has 1 fully saturated rings. The average molecular weight is 324 g/mol. The predicted molar refractivity (Wildman–Crippen MR) is 79.4 cm³/mol. The average Bonchev–Trinajstić information content (AvgIpc) is 3.19. The first-order valence-corrected chi connectivity index (χ1v) is 7.46. The van der Waals surface area contributed by atoms with Gasteiger partial charge in [0.1, 0.15) is 5.76 Å². The molecule has 23 heavy (non-hydrogen) atoms. The zero-order valence-corrected chi connectivity index (χ0v) is 12.7. The molecular weight excluding hydrogens is 306 g/mol. The van der Waals surface area contributed by atoms with Crippen LogP contribution in [0, 0.1) is 5.92 Å². The number of halogens is 2. The fourth-order valence-corrected chi connectivity index (χ4v) is 2.07. The third-order valence-electron chi connectivity index (χ3n) is 3.55. The van der Waals surface area contributed by atoms with Gasteiger partial charge < -0.3 is 19.6 Å². The SMILES string of the molecule is C[C@H](N)c1cnc(-c2ccc(OC(F)F)c(OCC3CC3)c2)o1. The first-order valence-electron chi connectivity index (χ1n) is 7.46. The van der Waals surface area contributed by atoms with E-state index in [9.17, 15) is 8.78 Å². The topological polar surface area (TPSA) is 70.5 Å². The lowest BCUT2D eigenvalue weighted by Crippen LogP contribution is -2.06. The molecule has 0 aliphatic heterocycles. The van der Waals surface area contributed by atoms with Crippen molar-refractivity contribution in [1.82, 2.24) is 4.98 Å². The van der Waals surface area contributed by atoms with Crippen molar-refractivity contribution in [3.05, 3.63) is 30.2 Å². The lowest BCUT2D eigenvalue weighted by molar-refractivity contribution is -0.0515. The van der Waals surface area contributed by atoms with Crippen molar-refractivity contribution < 1.29 is 22.7 Å². The van der Waals surface area contributed by atoms with Crippen LogP contribution in [0.1, 0.15) is 31.6 Å². The highest BCUT2D eigenvalue weighted by atomic mass is 19.3. The molecule has 1 saturated carbocycles. The lowest BCUT2D eigenvalue weighted by Gasteiger charge is -2.12. The van der Waals surface area contributed by atoms with Crippen LogP contribution in [0.25, 0.3) is 11.5 Å². The Bertz CT molecular complexity index is 669. The molecule has 2 N–H and O–H groups in total. The van der Waals surface area contributed by atoms with Gasteiger partial charge in [-0.3, -0.25) is 0 Å². The molecule has 0 radical (unpaired) electrons. The van der Waals surface area contributed by atoms with Gasteiger partial charge in [-0.15, -0.1) is 0 Å². The number of nitrogens with two attached hydrogens (primary N) is 1. The van der Waals surface area contributed by atoms with E-state index in [1.165, 1.54) is 6.07 Å². The molecule has 1 aromatic carbocycles. The number of alkyl halides is 2. The van der Waals surface area contributed by atoms with Gasteiger partial charge in [0.15, 0.2) is 11.5 Å². The minimum absolute atomic E-state index is 0.00312. The van der Waals surface area contributed by atoms with E-state index < -0.39 is 6.61 Å². The third-order valence-corrected chi connectivity index (χ3v) is 3.55. The Morgan fingerprint density at radius 3 is 2.74 bits per heavy atom. The van der Waals surface area contributed by atoms with Crippen LogP contribution in [0.5, 0.6) is 11.5 Å². The van der Waals surface area contributed by atoms with Gasteiger partial charge in [-0.1, -0.05) is 0 Å². The predicted octanol–water partition coefficient (Wildman–Crippen LogP) is 3.75. The van der Waals surface area contributed by atoms with E-state index >= 15 is 0 Å². The van der Waals surface area contributed by atoms with E-state index in [0.717, 1.165) is 12.8 Å². The fourth-order valence-electron chi connectivity index (χ4n) is 2.07. The number of rotatable bonds is 7. The summed E-state index contributed by atoms with van der Waals surface area (Å²) in [6.07, 6.45) is 3.75. The summed E-state index contributed by atoms with van der Waals surface area (Å²) in [6.45, 7) is -0.635. The maximum Gasteiger partial charge on any atom is 0.387 e. The summed E-state index contributed by atoms with van der Waals surface area (Å²) in [4.78, 5) is 4.16. The number of oxazole rings is 1. The number of aromatic nitrogens is 1. The van der Waals surface area contributed by atoms with Crippen molar-refractivity contribution in [2.24, 2.45) is 11.7 Å². The van der Waals surface area contributed by atoms with Gasteiger partial charge in [0.05, 0.1) is 18.8 Å². The number of benzene rings is 1. The molecule has 1 aliphatic carbocycles. The summed E-state index contributed by atoms with van der Waals surface area (Å²) in [7, 11) is 0. The summed E-state index contributed by atoms with van der Waals surface area (Å²) in [5, 5.41) is 0. The summed E-state index contributed by atoms with van der Waals surface area (Å²) in [5.74, 6) is 1.66. The van der Waals surface area contributed by atoms with Crippen LogP contribution < -0.4 is 15.2 Å². The second-order valence-electron chi connectivity index (χ2n) is 5.65. The van der Waals surface area contributed by atoms with E-state index in [1.807, 2.05) is 0 Å². The number of hydrogen-bond donors (Lipinski definition) is 1. The molecule has 3 rings (SSSR count). The summed E-state index contributed by atoms with van der Waals surface area (Å²) in [5.41, 5.74) is 6.36. The van der Waals surface area contributed by atoms with E-state index in [0.29, 0.717) is 29.7 Å². The Morgan fingerprint density at radius 1 is 1.35 bits per heavy atom. The highest BCUT2D eigenvalue weighted by molar-refractivity contribution is 5.60. The Balaban J connectivity index is 1.85. The minimum atomic E-state index is -2.91. The van der Waals surface area contributed by atoms with Gasteiger partial charge in [0.2, 0.25) is 5.89 Å².